The summed E-state index contributed by atoms with van der Waals surface area (Å²) in [4.78, 5) is 23.8. The maximum Gasteiger partial charge on any atom is 0.347 e. The third-order valence-corrected chi connectivity index (χ3v) is 1.96. The average molecular weight is 233 g/mol. The number of ether oxygens (including phenoxy) is 2. The Morgan fingerprint density at radius 2 is 1.94 bits per heavy atom. The van der Waals surface area contributed by atoms with E-state index in [1.165, 1.54) is 13.8 Å². The smallest absolute Gasteiger partial charge is 0.347 e. The molecular formula is C10H19NO5. The van der Waals surface area contributed by atoms with E-state index >= 15 is 0 Å². The zero-order chi connectivity index (χ0) is 12.8. The highest BCUT2D eigenvalue weighted by molar-refractivity contribution is 5.81. The molecule has 0 fully saturated rings. The van der Waals surface area contributed by atoms with E-state index in [4.69, 9.17) is 14.6 Å². The molecule has 0 saturated carbocycles. The van der Waals surface area contributed by atoms with Crippen LogP contribution in [-0.2, 0) is 19.1 Å². The Kier molecular flexibility index (Phi) is 5.98. The van der Waals surface area contributed by atoms with Crippen molar-refractivity contribution in [1.82, 2.24) is 4.90 Å². The molecule has 0 heterocycles. The Morgan fingerprint density at radius 1 is 1.38 bits per heavy atom. The lowest BCUT2D eigenvalue weighted by Crippen LogP contribution is -2.40. The number of carbonyl (C=O) groups is 2. The summed E-state index contributed by atoms with van der Waals surface area (Å²) in [6.07, 6.45) is 0. The quantitative estimate of drug-likeness (QED) is 0.622. The fraction of sp³-hybridized carbons (Fsp3) is 0.800. The van der Waals surface area contributed by atoms with E-state index in [1.54, 1.807) is 19.1 Å². The molecule has 0 saturated heterocycles. The van der Waals surface area contributed by atoms with Crippen LogP contribution in [0.15, 0.2) is 0 Å². The van der Waals surface area contributed by atoms with Crippen LogP contribution in [0.1, 0.15) is 13.8 Å². The van der Waals surface area contributed by atoms with Crippen LogP contribution in [-0.4, -0.2) is 61.4 Å². The van der Waals surface area contributed by atoms with E-state index in [2.05, 4.69) is 0 Å². The van der Waals surface area contributed by atoms with E-state index in [0.29, 0.717) is 13.2 Å². The topological polar surface area (TPSA) is 76.1 Å². The Hall–Kier alpha value is -1.14. The second-order valence-electron chi connectivity index (χ2n) is 4.02. The highest BCUT2D eigenvalue weighted by Gasteiger charge is 2.31. The predicted molar refractivity (Wildman–Crippen MR) is 57.2 cm³/mol. The maximum absolute atomic E-state index is 11.4. The predicted octanol–water partition coefficient (Wildman–Crippen LogP) is -0.0290. The number of methoxy groups -OCH3 is 1. The van der Waals surface area contributed by atoms with E-state index in [0.717, 1.165) is 0 Å². The molecule has 0 aromatic heterocycles. The number of hydrogen-bond donors (Lipinski definition) is 1. The second kappa shape index (κ2) is 6.44. The summed E-state index contributed by atoms with van der Waals surface area (Å²) < 4.78 is 9.67. The summed E-state index contributed by atoms with van der Waals surface area (Å²) >= 11 is 0. The Bertz CT molecular complexity index is 252. The van der Waals surface area contributed by atoms with Crippen LogP contribution in [0.3, 0.4) is 0 Å². The zero-order valence-electron chi connectivity index (χ0n) is 10.1. The van der Waals surface area contributed by atoms with Gasteiger partial charge in [-0.15, -0.1) is 0 Å². The second-order valence-corrected chi connectivity index (χ2v) is 4.02. The fourth-order valence-electron chi connectivity index (χ4n) is 0.907. The van der Waals surface area contributed by atoms with Crippen molar-refractivity contribution in [2.24, 2.45) is 0 Å². The molecule has 0 aliphatic rings. The molecule has 0 aromatic rings. The normalized spacial score (nSPS) is 11.6. The molecule has 0 atom stereocenters. The van der Waals surface area contributed by atoms with Crippen molar-refractivity contribution >= 4 is 11.9 Å². The monoisotopic (exact) mass is 233 g/mol. The number of carboxylic acids is 1. The van der Waals surface area contributed by atoms with Gasteiger partial charge in [-0.1, -0.05) is 0 Å². The van der Waals surface area contributed by atoms with Gasteiger partial charge in [-0.05, 0) is 20.9 Å². The molecule has 1 N–H and O–H groups in total. The molecule has 0 aliphatic heterocycles. The highest BCUT2D eigenvalue weighted by atomic mass is 16.6. The molecule has 0 radical (unpaired) electrons. The number of hydrogen-bond acceptors (Lipinski definition) is 5. The van der Waals surface area contributed by atoms with Crippen LogP contribution < -0.4 is 0 Å². The number of carboxylic acid groups (broad SMARTS) is 1. The molecule has 6 heteroatoms. The van der Waals surface area contributed by atoms with Crippen molar-refractivity contribution < 1.29 is 24.2 Å². The summed E-state index contributed by atoms with van der Waals surface area (Å²) in [5.41, 5.74) is -1.49. The molecule has 0 aromatic carbocycles. The van der Waals surface area contributed by atoms with Crippen LogP contribution in [0.5, 0.6) is 0 Å². The molecule has 0 rings (SSSR count). The van der Waals surface area contributed by atoms with Gasteiger partial charge < -0.3 is 14.6 Å². The first-order chi connectivity index (χ1) is 7.29. The van der Waals surface area contributed by atoms with Crippen LogP contribution in [0.25, 0.3) is 0 Å². The molecule has 0 bridgehead atoms. The van der Waals surface area contributed by atoms with Gasteiger partial charge in [0.25, 0.3) is 0 Å². The lowest BCUT2D eigenvalue weighted by atomic mass is 10.1. The largest absolute Gasteiger partial charge is 0.478 e. The first-order valence-electron chi connectivity index (χ1n) is 4.92. The van der Waals surface area contributed by atoms with E-state index in [-0.39, 0.29) is 6.54 Å². The number of nitrogens with zero attached hydrogens (tertiary/aromatic N) is 1. The van der Waals surface area contributed by atoms with Crippen LogP contribution in [0.4, 0.5) is 0 Å². The first kappa shape index (κ1) is 14.9. The molecule has 16 heavy (non-hydrogen) atoms. The Labute approximate surface area is 95.1 Å². The van der Waals surface area contributed by atoms with Gasteiger partial charge in [-0.25, -0.2) is 4.79 Å². The third kappa shape index (κ3) is 5.67. The number of rotatable bonds is 7. The average Bonchev–Trinajstić information content (AvgIpc) is 2.13. The van der Waals surface area contributed by atoms with Gasteiger partial charge in [0, 0.05) is 13.7 Å². The molecule has 0 unspecified atom stereocenters. The summed E-state index contributed by atoms with van der Waals surface area (Å²) in [5, 5.41) is 8.75. The lowest BCUT2D eigenvalue weighted by Gasteiger charge is -2.22. The summed E-state index contributed by atoms with van der Waals surface area (Å²) in [6, 6.07) is 0. The number of likely N-dealkylation sites (N-methyl/N-ethyl adjacent to an activating group) is 1. The maximum atomic E-state index is 11.4. The number of aliphatic carboxylic acids is 1. The fourth-order valence-corrected chi connectivity index (χ4v) is 0.907. The minimum atomic E-state index is -1.49. The Morgan fingerprint density at radius 3 is 2.38 bits per heavy atom. The number of carbonyl (C=O) groups excluding carboxylic acids is 1. The zero-order valence-corrected chi connectivity index (χ0v) is 10.1. The van der Waals surface area contributed by atoms with Gasteiger partial charge in [-0.3, -0.25) is 9.69 Å². The van der Waals surface area contributed by atoms with Gasteiger partial charge in [0.15, 0.2) is 0 Å². The molecular weight excluding hydrogens is 214 g/mol. The van der Waals surface area contributed by atoms with Gasteiger partial charge in [-0.2, -0.15) is 0 Å². The van der Waals surface area contributed by atoms with E-state index < -0.39 is 17.5 Å². The molecule has 94 valence electrons. The van der Waals surface area contributed by atoms with Crippen molar-refractivity contribution in [2.45, 2.75) is 19.4 Å². The minimum absolute atomic E-state index is 0.0417. The Balaban J connectivity index is 4.03. The minimum Gasteiger partial charge on any atom is -0.478 e. The van der Waals surface area contributed by atoms with E-state index in [1.807, 2.05) is 0 Å². The molecule has 6 nitrogen and oxygen atoms in total. The molecule has 0 spiro atoms. The highest BCUT2D eigenvalue weighted by Crippen LogP contribution is 2.09. The summed E-state index contributed by atoms with van der Waals surface area (Å²) in [6.45, 7) is 3.80. The third-order valence-electron chi connectivity index (χ3n) is 1.96. The van der Waals surface area contributed by atoms with Crippen LogP contribution in [0, 0.1) is 0 Å². The number of esters is 1. The SMILES string of the molecule is COCCN(C)CC(=O)OC(C)(C)C(=O)O. The van der Waals surface area contributed by atoms with Gasteiger partial charge >= 0.3 is 11.9 Å². The van der Waals surface area contributed by atoms with Crippen LogP contribution in [0.2, 0.25) is 0 Å². The summed E-state index contributed by atoms with van der Waals surface area (Å²) in [5.74, 6) is -1.73. The molecule has 0 amide bonds. The lowest BCUT2D eigenvalue weighted by molar-refractivity contribution is -0.174. The standard InChI is InChI=1S/C10H19NO5/c1-10(2,9(13)14)16-8(12)7-11(3)5-6-15-4/h5-7H2,1-4H3,(H,13,14). The van der Waals surface area contributed by atoms with Crippen molar-refractivity contribution in [2.75, 3.05) is 33.9 Å². The van der Waals surface area contributed by atoms with E-state index in [9.17, 15) is 9.59 Å². The van der Waals surface area contributed by atoms with Crippen molar-refractivity contribution in [1.29, 1.82) is 0 Å². The first-order valence-corrected chi connectivity index (χ1v) is 4.92. The van der Waals surface area contributed by atoms with Crippen molar-refractivity contribution in [3.63, 3.8) is 0 Å². The summed E-state index contributed by atoms with van der Waals surface area (Å²) in [7, 11) is 3.30. The van der Waals surface area contributed by atoms with Crippen molar-refractivity contribution in [3.05, 3.63) is 0 Å². The van der Waals surface area contributed by atoms with Gasteiger partial charge in [0.1, 0.15) is 0 Å². The molecule has 0 aliphatic carbocycles. The van der Waals surface area contributed by atoms with Crippen molar-refractivity contribution in [3.8, 4) is 0 Å². The van der Waals surface area contributed by atoms with Gasteiger partial charge in [0.05, 0.1) is 13.2 Å². The van der Waals surface area contributed by atoms with Gasteiger partial charge in [0.2, 0.25) is 5.60 Å². The van der Waals surface area contributed by atoms with Crippen LogP contribution >= 0.6 is 0 Å².